The van der Waals surface area contributed by atoms with Crippen LogP contribution in [0.3, 0.4) is 0 Å². The molecule has 13 heavy (non-hydrogen) atoms. The predicted octanol–water partition coefficient (Wildman–Crippen LogP) is -3.88. The molecule has 0 aliphatic rings. The molecule has 4 nitrogen and oxygen atoms in total. The molecule has 1 aromatic rings. The van der Waals surface area contributed by atoms with Crippen LogP contribution in [0.25, 0.3) is 0 Å². The molecule has 0 bridgehead atoms. The second kappa shape index (κ2) is 7.06. The smallest absolute Gasteiger partial charge is 0.243 e. The Bertz CT molecular complexity index is 227. The quantitative estimate of drug-likeness (QED) is 0.525. The summed E-state index contributed by atoms with van der Waals surface area (Å²) in [7, 11) is 0. The Morgan fingerprint density at radius 1 is 1.46 bits per heavy atom. The van der Waals surface area contributed by atoms with E-state index in [1.165, 1.54) is 0 Å². The van der Waals surface area contributed by atoms with Gasteiger partial charge < -0.3 is 27.8 Å². The van der Waals surface area contributed by atoms with Gasteiger partial charge in [-0.2, -0.15) is 0 Å². The van der Waals surface area contributed by atoms with E-state index >= 15 is 0 Å². The minimum Gasteiger partial charge on any atom is -1.00 e. The van der Waals surface area contributed by atoms with Crippen molar-refractivity contribution in [1.29, 1.82) is 0 Å². The lowest BCUT2D eigenvalue weighted by Gasteiger charge is -1.92. The van der Waals surface area contributed by atoms with Gasteiger partial charge in [0.25, 0.3) is 0 Å². The van der Waals surface area contributed by atoms with Crippen molar-refractivity contribution in [1.82, 2.24) is 4.57 Å². The molecule has 0 amide bonds. The van der Waals surface area contributed by atoms with E-state index in [1.807, 2.05) is 23.3 Å². The lowest BCUT2D eigenvalue weighted by atomic mass is 10.4. The minimum absolute atomic E-state index is 0. The van der Waals surface area contributed by atoms with Gasteiger partial charge in [0.2, 0.25) is 6.33 Å². The summed E-state index contributed by atoms with van der Waals surface area (Å²) in [6, 6.07) is 0. The predicted molar refractivity (Wildman–Crippen MR) is 45.4 cm³/mol. The topological polar surface area (TPSA) is 55.1 Å². The van der Waals surface area contributed by atoms with Crippen LogP contribution in [-0.4, -0.2) is 22.8 Å². The maximum atomic E-state index is 8.65. The van der Waals surface area contributed by atoms with Gasteiger partial charge in [-0.05, 0) is 13.0 Å². The second-order valence-corrected chi connectivity index (χ2v) is 2.76. The molecule has 5 heteroatoms. The third-order valence-electron chi connectivity index (χ3n) is 1.72. The van der Waals surface area contributed by atoms with Crippen LogP contribution < -0.4 is 27.3 Å². The minimum atomic E-state index is 0. The number of hydrogen-bond acceptors (Lipinski definition) is 2. The zero-order valence-electron chi connectivity index (χ0n) is 7.56. The van der Waals surface area contributed by atoms with Gasteiger partial charge in [0, 0.05) is 0 Å². The summed E-state index contributed by atoms with van der Waals surface area (Å²) in [6.07, 6.45) is 6.91. The van der Waals surface area contributed by atoms with E-state index in [1.54, 1.807) is 0 Å². The van der Waals surface area contributed by atoms with E-state index in [2.05, 4.69) is 4.57 Å². The molecule has 0 saturated heterocycles. The van der Waals surface area contributed by atoms with E-state index in [0.717, 1.165) is 19.5 Å². The van der Waals surface area contributed by atoms with Gasteiger partial charge in [0.15, 0.2) is 0 Å². The van der Waals surface area contributed by atoms with Gasteiger partial charge in [-0.3, -0.25) is 0 Å². The van der Waals surface area contributed by atoms with Crippen molar-refractivity contribution in [2.24, 2.45) is 5.73 Å². The highest BCUT2D eigenvalue weighted by Gasteiger charge is 2.00. The fourth-order valence-corrected chi connectivity index (χ4v) is 1.09. The summed E-state index contributed by atoms with van der Waals surface area (Å²) < 4.78 is 4.03. The Labute approximate surface area is 88.8 Å². The Hall–Kier alpha value is -0.390. The highest BCUT2D eigenvalue weighted by Crippen LogP contribution is 1.84. The first-order chi connectivity index (χ1) is 5.86. The fourth-order valence-electron chi connectivity index (χ4n) is 1.09. The van der Waals surface area contributed by atoms with Crippen molar-refractivity contribution < 1.29 is 26.7 Å². The number of rotatable bonds is 5. The number of nitrogens with zero attached hydrogens (tertiary/aromatic N) is 2. The zero-order valence-corrected chi connectivity index (χ0v) is 9.15. The van der Waals surface area contributed by atoms with Crippen LogP contribution in [0.5, 0.6) is 0 Å². The molecular formula is C8H16BrN3O. The number of imidazole rings is 1. The zero-order chi connectivity index (χ0) is 8.81. The van der Waals surface area contributed by atoms with Crippen LogP contribution in [0.15, 0.2) is 18.7 Å². The molecule has 0 aliphatic carbocycles. The first kappa shape index (κ1) is 12.6. The summed E-state index contributed by atoms with van der Waals surface area (Å²) in [4.78, 5) is 0. The van der Waals surface area contributed by atoms with Crippen LogP contribution in [0, 0.1) is 0 Å². The molecule has 0 aliphatic heterocycles. The van der Waals surface area contributed by atoms with Gasteiger partial charge in [0.05, 0.1) is 13.2 Å². The van der Waals surface area contributed by atoms with Crippen LogP contribution >= 0.6 is 0 Å². The second-order valence-electron chi connectivity index (χ2n) is 2.76. The van der Waals surface area contributed by atoms with Crippen molar-refractivity contribution in [2.45, 2.75) is 19.5 Å². The molecule has 0 fully saturated rings. The molecule has 0 unspecified atom stereocenters. The highest BCUT2D eigenvalue weighted by molar-refractivity contribution is 4.65. The molecular weight excluding hydrogens is 234 g/mol. The summed E-state index contributed by atoms with van der Waals surface area (Å²) in [5.74, 6) is 0. The van der Waals surface area contributed by atoms with Crippen LogP contribution in [-0.2, 0) is 13.1 Å². The average molecular weight is 250 g/mol. The number of aliphatic hydroxyl groups excluding tert-OH is 1. The van der Waals surface area contributed by atoms with E-state index in [0.29, 0.717) is 6.54 Å². The van der Waals surface area contributed by atoms with Gasteiger partial charge in [0.1, 0.15) is 18.9 Å². The van der Waals surface area contributed by atoms with Crippen molar-refractivity contribution in [2.75, 3.05) is 13.2 Å². The molecule has 0 atom stereocenters. The van der Waals surface area contributed by atoms with Crippen molar-refractivity contribution >= 4 is 0 Å². The van der Waals surface area contributed by atoms with Crippen molar-refractivity contribution in [3.05, 3.63) is 18.7 Å². The van der Waals surface area contributed by atoms with E-state index < -0.39 is 0 Å². The number of nitrogens with two attached hydrogens (primary N) is 1. The average Bonchev–Trinajstić information content (AvgIpc) is 2.50. The Balaban J connectivity index is 0.00000144. The lowest BCUT2D eigenvalue weighted by molar-refractivity contribution is -0.696. The van der Waals surface area contributed by atoms with Crippen molar-refractivity contribution in [3.63, 3.8) is 0 Å². The van der Waals surface area contributed by atoms with Gasteiger partial charge in [-0.25, -0.2) is 9.13 Å². The number of hydrogen-bond donors (Lipinski definition) is 2. The number of halogens is 1. The van der Waals surface area contributed by atoms with Crippen molar-refractivity contribution in [3.8, 4) is 0 Å². The third kappa shape index (κ3) is 4.40. The van der Waals surface area contributed by atoms with E-state index in [9.17, 15) is 0 Å². The number of aryl methyl sites for hydroxylation is 1. The molecule has 76 valence electrons. The molecule has 1 aromatic heterocycles. The first-order valence-corrected chi connectivity index (χ1v) is 4.22. The largest absolute Gasteiger partial charge is 1.00 e. The van der Waals surface area contributed by atoms with Crippen LogP contribution in [0.1, 0.15) is 6.42 Å². The molecule has 0 aromatic carbocycles. The maximum Gasteiger partial charge on any atom is 0.243 e. The summed E-state index contributed by atoms with van der Waals surface area (Å²) in [5, 5.41) is 8.65. The molecule has 1 rings (SSSR count). The summed E-state index contributed by atoms with van der Waals surface area (Å²) >= 11 is 0. The summed E-state index contributed by atoms with van der Waals surface area (Å²) in [6.45, 7) is 2.52. The Morgan fingerprint density at radius 3 is 2.85 bits per heavy atom. The van der Waals surface area contributed by atoms with Gasteiger partial charge in [-0.1, -0.05) is 0 Å². The Kier molecular flexibility index (Phi) is 6.84. The van der Waals surface area contributed by atoms with E-state index in [-0.39, 0.29) is 23.6 Å². The highest BCUT2D eigenvalue weighted by atomic mass is 79.9. The van der Waals surface area contributed by atoms with Crippen LogP contribution in [0.4, 0.5) is 0 Å². The lowest BCUT2D eigenvalue weighted by Crippen LogP contribution is -3.00. The summed E-state index contributed by atoms with van der Waals surface area (Å²) in [5.41, 5.74) is 5.38. The molecule has 0 spiro atoms. The van der Waals surface area contributed by atoms with Crippen LogP contribution in [0.2, 0.25) is 0 Å². The van der Waals surface area contributed by atoms with E-state index in [4.69, 9.17) is 10.8 Å². The SMILES string of the molecule is NCCC[n+]1ccn(CCO)c1.[Br-]. The molecule has 0 radical (unpaired) electrons. The Morgan fingerprint density at radius 2 is 2.23 bits per heavy atom. The molecule has 1 heterocycles. The standard InChI is InChI=1S/C8H16N3O.BrH/c9-2-1-3-10-4-5-11(8-10)6-7-12;/h4-5,8,12H,1-3,6-7,9H2;1H/q+1;/p-1. The number of aliphatic hydroxyl groups is 1. The monoisotopic (exact) mass is 249 g/mol. The molecule has 0 saturated carbocycles. The maximum absolute atomic E-state index is 8.65. The van der Waals surface area contributed by atoms with Gasteiger partial charge >= 0.3 is 0 Å². The third-order valence-corrected chi connectivity index (χ3v) is 1.72. The fraction of sp³-hybridized carbons (Fsp3) is 0.625. The first-order valence-electron chi connectivity index (χ1n) is 4.22. The van der Waals surface area contributed by atoms with Gasteiger partial charge in [-0.15, -0.1) is 0 Å². The number of aromatic nitrogens is 2. The normalized spacial score (nSPS) is 9.69. The molecule has 3 N–H and O–H groups in total.